The Morgan fingerprint density at radius 1 is 1.00 bits per heavy atom. The second-order valence-corrected chi connectivity index (χ2v) is 9.93. The Kier molecular flexibility index (Phi) is 8.16. The normalized spacial score (nSPS) is 15.8. The van der Waals surface area contributed by atoms with Gasteiger partial charge in [0.2, 0.25) is 0 Å². The number of likely N-dealkylation sites (tertiary alicyclic amines) is 1. The molecule has 2 N–H and O–H groups in total. The minimum atomic E-state index is -0.293. The Balaban J connectivity index is 1.14. The number of urea groups is 1. The minimum absolute atomic E-state index is 0.195. The van der Waals surface area contributed by atoms with Crippen LogP contribution in [0.4, 0.5) is 14.9 Å². The van der Waals surface area contributed by atoms with Crippen molar-refractivity contribution in [1.82, 2.24) is 50.6 Å². The number of piperidine rings is 1. The number of carbonyl (C=O) groups excluding carboxylic acids is 1. The van der Waals surface area contributed by atoms with E-state index < -0.39 is 0 Å². The molecule has 1 fully saturated rings. The van der Waals surface area contributed by atoms with Gasteiger partial charge in [0.25, 0.3) is 0 Å². The predicted molar refractivity (Wildman–Crippen MR) is 143 cm³/mol. The maximum absolute atomic E-state index is 13.2. The largest absolute Gasteiger partial charge is 0.338 e. The Bertz CT molecular complexity index is 1340. The highest BCUT2D eigenvalue weighted by Crippen LogP contribution is 2.28. The molecule has 2 aromatic carbocycles. The minimum Gasteiger partial charge on any atom is -0.338 e. The molecule has 4 aromatic rings. The van der Waals surface area contributed by atoms with Crippen LogP contribution in [0.1, 0.15) is 24.8 Å². The second kappa shape index (κ2) is 12.1. The number of hydrogen-bond donors (Lipinski definition) is 2. The zero-order chi connectivity index (χ0) is 27.2. The summed E-state index contributed by atoms with van der Waals surface area (Å²) in [6.45, 7) is 3.55. The molecule has 204 valence electrons. The average Bonchev–Trinajstić information content (AvgIpc) is 3.56. The summed E-state index contributed by atoms with van der Waals surface area (Å²) in [5, 5.41) is 29.3. The van der Waals surface area contributed by atoms with E-state index in [1.165, 1.54) is 24.1 Å². The van der Waals surface area contributed by atoms with Gasteiger partial charge in [-0.2, -0.15) is 0 Å². The van der Waals surface area contributed by atoms with Gasteiger partial charge in [-0.05, 0) is 101 Å². The van der Waals surface area contributed by atoms with Crippen molar-refractivity contribution in [3.05, 3.63) is 53.8 Å². The molecule has 2 amide bonds. The van der Waals surface area contributed by atoms with Crippen molar-refractivity contribution < 1.29 is 9.18 Å². The molecule has 1 atom stereocenters. The molecule has 1 aliphatic rings. The number of nitrogens with zero attached hydrogens (tertiary/aromatic N) is 9. The van der Waals surface area contributed by atoms with Crippen molar-refractivity contribution >= 4 is 11.7 Å². The maximum Gasteiger partial charge on any atom is 0.319 e. The molecule has 0 bridgehead atoms. The number of amides is 2. The lowest BCUT2D eigenvalue weighted by Gasteiger charge is -2.32. The molecule has 2 aromatic heterocycles. The number of rotatable bonds is 9. The van der Waals surface area contributed by atoms with Gasteiger partial charge in [-0.3, -0.25) is 0 Å². The molecule has 0 unspecified atom stereocenters. The van der Waals surface area contributed by atoms with E-state index in [2.05, 4.69) is 46.6 Å². The highest BCUT2D eigenvalue weighted by atomic mass is 19.1. The summed E-state index contributed by atoms with van der Waals surface area (Å²) < 4.78 is 16.3. The lowest BCUT2D eigenvalue weighted by Crippen LogP contribution is -2.38. The molecule has 39 heavy (non-hydrogen) atoms. The van der Waals surface area contributed by atoms with E-state index in [1.54, 1.807) is 23.5 Å². The number of halogens is 1. The molecule has 0 spiro atoms. The first-order chi connectivity index (χ1) is 18.9. The number of carbonyl (C=O) groups is 1. The van der Waals surface area contributed by atoms with Gasteiger partial charge in [-0.1, -0.05) is 12.1 Å². The number of benzene rings is 2. The van der Waals surface area contributed by atoms with E-state index in [1.807, 2.05) is 30.3 Å². The van der Waals surface area contributed by atoms with Crippen molar-refractivity contribution in [3.8, 4) is 22.8 Å². The Labute approximate surface area is 225 Å². The van der Waals surface area contributed by atoms with Gasteiger partial charge in [-0.25, -0.2) is 18.5 Å². The van der Waals surface area contributed by atoms with Crippen LogP contribution in [0.2, 0.25) is 0 Å². The standard InChI is InChI=1S/C26H32FN11O/c1-36-24(30-32-34-36)20-14-21(25-31-33-35-37(25)2)16-23(15-20)29-26(39)28-10-4-12-38-11-3-5-19(17-38)13-18-6-8-22(27)9-7-18/h6-9,14-16,19H,3-5,10-13,17H2,1-2H3,(H2,28,29,39)/t19-/m0/s1. The number of tetrazole rings is 2. The number of aromatic nitrogens is 8. The van der Waals surface area contributed by atoms with E-state index in [9.17, 15) is 9.18 Å². The third kappa shape index (κ3) is 6.79. The summed E-state index contributed by atoms with van der Waals surface area (Å²) in [5.74, 6) is 1.47. The highest BCUT2D eigenvalue weighted by molar-refractivity contribution is 5.91. The van der Waals surface area contributed by atoms with Crippen molar-refractivity contribution in [2.24, 2.45) is 20.0 Å². The van der Waals surface area contributed by atoms with Crippen molar-refractivity contribution in [1.29, 1.82) is 0 Å². The highest BCUT2D eigenvalue weighted by Gasteiger charge is 2.20. The molecule has 1 aliphatic heterocycles. The molecule has 5 rings (SSSR count). The van der Waals surface area contributed by atoms with Crippen molar-refractivity contribution in [2.75, 3.05) is 31.5 Å². The summed E-state index contributed by atoms with van der Waals surface area (Å²) in [6, 6.07) is 12.0. The molecule has 0 aliphatic carbocycles. The average molecular weight is 534 g/mol. The maximum atomic E-state index is 13.2. The summed E-state index contributed by atoms with van der Waals surface area (Å²) in [7, 11) is 3.50. The van der Waals surface area contributed by atoms with Gasteiger partial charge in [0.1, 0.15) is 5.82 Å². The lowest BCUT2D eigenvalue weighted by molar-refractivity contribution is 0.172. The Morgan fingerprint density at radius 3 is 2.28 bits per heavy atom. The summed E-state index contributed by atoms with van der Waals surface area (Å²) in [4.78, 5) is 15.2. The van der Waals surface area contributed by atoms with Crippen LogP contribution in [-0.2, 0) is 20.5 Å². The molecule has 0 radical (unpaired) electrons. The molecule has 12 nitrogen and oxygen atoms in total. The van der Waals surface area contributed by atoms with Crippen molar-refractivity contribution in [2.45, 2.75) is 25.7 Å². The first kappa shape index (κ1) is 26.4. The van der Waals surface area contributed by atoms with Crippen LogP contribution >= 0.6 is 0 Å². The molecular weight excluding hydrogens is 501 g/mol. The summed E-state index contributed by atoms with van der Waals surface area (Å²) in [6.07, 6.45) is 4.15. The first-order valence-corrected chi connectivity index (χ1v) is 13.1. The van der Waals surface area contributed by atoms with Gasteiger partial charge >= 0.3 is 6.03 Å². The van der Waals surface area contributed by atoms with Crippen LogP contribution in [0, 0.1) is 11.7 Å². The number of hydrogen-bond acceptors (Lipinski definition) is 8. The quantitative estimate of drug-likeness (QED) is 0.314. The fourth-order valence-electron chi connectivity index (χ4n) is 5.06. The smallest absolute Gasteiger partial charge is 0.319 e. The van der Waals surface area contributed by atoms with Gasteiger partial charge in [0.15, 0.2) is 11.6 Å². The fourth-order valence-corrected chi connectivity index (χ4v) is 5.06. The molecule has 3 heterocycles. The van der Waals surface area contributed by atoms with Crippen molar-refractivity contribution in [3.63, 3.8) is 0 Å². The predicted octanol–water partition coefficient (Wildman–Crippen LogP) is 2.67. The van der Waals surface area contributed by atoms with Crippen LogP contribution in [0.3, 0.4) is 0 Å². The first-order valence-electron chi connectivity index (χ1n) is 13.1. The van der Waals surface area contributed by atoms with Gasteiger partial charge in [-0.15, -0.1) is 10.2 Å². The van der Waals surface area contributed by atoms with E-state index in [0.29, 0.717) is 29.8 Å². The fraction of sp³-hybridized carbons (Fsp3) is 0.423. The number of nitrogens with one attached hydrogen (secondary N) is 2. The van der Waals surface area contributed by atoms with E-state index in [0.717, 1.165) is 50.0 Å². The van der Waals surface area contributed by atoms with E-state index in [4.69, 9.17) is 0 Å². The number of aryl methyl sites for hydroxylation is 2. The van der Waals surface area contributed by atoms with Crippen LogP contribution in [0.5, 0.6) is 0 Å². The lowest BCUT2D eigenvalue weighted by atomic mass is 9.91. The van der Waals surface area contributed by atoms with Crippen LogP contribution in [-0.4, -0.2) is 77.5 Å². The van der Waals surface area contributed by atoms with E-state index in [-0.39, 0.29) is 11.8 Å². The zero-order valence-electron chi connectivity index (χ0n) is 22.1. The second-order valence-electron chi connectivity index (χ2n) is 9.93. The molecule has 1 saturated heterocycles. The zero-order valence-corrected chi connectivity index (χ0v) is 22.1. The molecule has 13 heteroatoms. The third-order valence-electron chi connectivity index (χ3n) is 6.92. The monoisotopic (exact) mass is 533 g/mol. The summed E-state index contributed by atoms with van der Waals surface area (Å²) in [5.41, 5.74) is 3.20. The summed E-state index contributed by atoms with van der Waals surface area (Å²) >= 11 is 0. The molecule has 0 saturated carbocycles. The van der Waals surface area contributed by atoms with Crippen LogP contribution < -0.4 is 10.6 Å². The number of anilines is 1. The van der Waals surface area contributed by atoms with Gasteiger partial charge < -0.3 is 15.5 Å². The Hall–Kier alpha value is -4.26. The van der Waals surface area contributed by atoms with Crippen LogP contribution in [0.15, 0.2) is 42.5 Å². The van der Waals surface area contributed by atoms with Crippen LogP contribution in [0.25, 0.3) is 22.8 Å². The third-order valence-corrected chi connectivity index (χ3v) is 6.92. The molecular formula is C26H32FN11O. The SMILES string of the molecule is Cn1nnnc1-c1cc(NC(=O)NCCCN2CCC[C@@H](Cc3ccc(F)cc3)C2)cc(-c2nnnn2C)c1. The Morgan fingerprint density at radius 2 is 1.67 bits per heavy atom. The van der Waals surface area contributed by atoms with Gasteiger partial charge in [0.05, 0.1) is 0 Å². The topological polar surface area (TPSA) is 132 Å². The van der Waals surface area contributed by atoms with Gasteiger partial charge in [0, 0.05) is 44.0 Å². The van der Waals surface area contributed by atoms with E-state index >= 15 is 0 Å².